The number of ether oxygens (including phenoxy) is 3. The molecule has 3 aromatic heterocycles. The number of nitrogen functional groups attached to an aromatic ring is 2. The molecule has 14 nitrogen and oxygen atoms in total. The fraction of sp³-hybridized carbons (Fsp3) is 0.321. The van der Waals surface area contributed by atoms with Gasteiger partial charge in [0.25, 0.3) is 0 Å². The molecule has 0 unspecified atom stereocenters. The molecule has 0 bridgehead atoms. The predicted molar refractivity (Wildman–Crippen MR) is 164 cm³/mol. The van der Waals surface area contributed by atoms with Gasteiger partial charge in [0, 0.05) is 40.8 Å². The Morgan fingerprint density at radius 3 is 2.53 bits per heavy atom. The van der Waals surface area contributed by atoms with Gasteiger partial charge >= 0.3 is 0 Å². The molecule has 4 atom stereocenters. The summed E-state index contributed by atoms with van der Waals surface area (Å²) in [4.78, 5) is 21.9. The van der Waals surface area contributed by atoms with Crippen LogP contribution in [-0.2, 0) is 4.74 Å². The van der Waals surface area contributed by atoms with Crippen molar-refractivity contribution in [3.63, 3.8) is 0 Å². The molecular formula is C28H31N9O5S. The van der Waals surface area contributed by atoms with Gasteiger partial charge in [0.1, 0.15) is 29.9 Å². The number of nitrogens with two attached hydrogens (primary N) is 2. The highest BCUT2D eigenvalue weighted by molar-refractivity contribution is 7.99. The number of methoxy groups -OCH3 is 2. The first-order valence-corrected chi connectivity index (χ1v) is 14.6. The summed E-state index contributed by atoms with van der Waals surface area (Å²) >= 11 is 1.57. The molecule has 4 heterocycles. The first-order valence-electron chi connectivity index (χ1n) is 13.4. The van der Waals surface area contributed by atoms with Crippen LogP contribution in [0.4, 0.5) is 17.3 Å². The molecule has 1 aliphatic rings. The quantitative estimate of drug-likeness (QED) is 0.114. The van der Waals surface area contributed by atoms with Crippen LogP contribution in [0.15, 0.2) is 49.1 Å². The summed E-state index contributed by atoms with van der Waals surface area (Å²) < 4.78 is 18.6. The van der Waals surface area contributed by atoms with Crippen molar-refractivity contribution in [1.29, 1.82) is 0 Å². The Kier molecular flexibility index (Phi) is 8.03. The average molecular weight is 606 g/mol. The maximum atomic E-state index is 10.7. The zero-order valence-corrected chi connectivity index (χ0v) is 24.2. The standard InChI is InChI=1S/C28H31N9O5S/c1-40-18-9-16-17(10-19(18)41-2)35-25(14-3-5-15(29)6-4-14)36-26(16)31-7-8-43-11-20-22(38)23(39)28(42-20)37-13-34-21-24(30)32-12-33-27(21)37/h3-6,9-10,12-13,20,22-23,28,38-39H,7-8,11,29H2,1-2H3,(H2,30,32,33)(H,31,35,36)/t20-,22-,23-,28-/m1/s1. The SMILES string of the molecule is COc1cc2nc(-c3ccc(N)cc3)nc(NCCSC[C@H]3O[C@@H](n4cnc5c(N)ncnc54)[C@H](O)[C@@H]3O)c2cc1OC. The molecule has 0 radical (unpaired) electrons. The van der Waals surface area contributed by atoms with Gasteiger partial charge in [-0.1, -0.05) is 0 Å². The van der Waals surface area contributed by atoms with E-state index in [2.05, 4.69) is 20.3 Å². The largest absolute Gasteiger partial charge is 0.493 e. The van der Waals surface area contributed by atoms with E-state index in [4.69, 9.17) is 35.6 Å². The van der Waals surface area contributed by atoms with Crippen molar-refractivity contribution in [2.75, 3.05) is 49.1 Å². The number of benzene rings is 2. The number of aliphatic hydroxyl groups excluding tert-OH is 2. The van der Waals surface area contributed by atoms with Crippen LogP contribution in [0.2, 0.25) is 0 Å². The molecule has 0 aliphatic carbocycles. The third-order valence-electron chi connectivity index (χ3n) is 7.19. The Labute approximate surface area is 250 Å². The van der Waals surface area contributed by atoms with Crippen molar-refractivity contribution in [1.82, 2.24) is 29.5 Å². The summed E-state index contributed by atoms with van der Waals surface area (Å²) in [7, 11) is 3.16. The summed E-state index contributed by atoms with van der Waals surface area (Å²) in [6, 6.07) is 11.0. The molecule has 0 saturated carbocycles. The molecule has 7 N–H and O–H groups in total. The van der Waals surface area contributed by atoms with Gasteiger partial charge in [-0.25, -0.2) is 24.9 Å². The lowest BCUT2D eigenvalue weighted by molar-refractivity contribution is -0.0288. The van der Waals surface area contributed by atoms with E-state index in [1.54, 1.807) is 42.7 Å². The number of nitrogens with zero attached hydrogens (tertiary/aromatic N) is 6. The van der Waals surface area contributed by atoms with Gasteiger partial charge in [0.2, 0.25) is 0 Å². The Bertz CT molecular complexity index is 1750. The van der Waals surface area contributed by atoms with Crippen LogP contribution in [0, 0.1) is 0 Å². The monoisotopic (exact) mass is 605 g/mol. The molecule has 0 amide bonds. The Morgan fingerprint density at radius 1 is 1.00 bits per heavy atom. The third-order valence-corrected chi connectivity index (χ3v) is 8.25. The van der Waals surface area contributed by atoms with Crippen LogP contribution < -0.4 is 26.3 Å². The van der Waals surface area contributed by atoms with Crippen molar-refractivity contribution in [2.45, 2.75) is 24.5 Å². The Hall–Kier alpha value is -4.44. The second-order valence-corrected chi connectivity index (χ2v) is 11.0. The van der Waals surface area contributed by atoms with Crippen molar-refractivity contribution in [3.8, 4) is 22.9 Å². The second-order valence-electron chi connectivity index (χ2n) is 9.87. The fourth-order valence-electron chi connectivity index (χ4n) is 4.95. The highest BCUT2D eigenvalue weighted by atomic mass is 32.2. The van der Waals surface area contributed by atoms with Gasteiger partial charge < -0.3 is 41.2 Å². The third kappa shape index (κ3) is 5.54. The maximum absolute atomic E-state index is 10.7. The van der Waals surface area contributed by atoms with E-state index in [0.29, 0.717) is 63.6 Å². The molecule has 5 aromatic rings. The molecule has 2 aromatic carbocycles. The first-order chi connectivity index (χ1) is 20.9. The number of rotatable bonds is 10. The zero-order chi connectivity index (χ0) is 30.1. The van der Waals surface area contributed by atoms with Crippen molar-refractivity contribution >= 4 is 51.2 Å². The summed E-state index contributed by atoms with van der Waals surface area (Å²) in [6.07, 6.45) is -0.911. The number of thioether (sulfide) groups is 1. The molecule has 1 fully saturated rings. The number of aliphatic hydroxyl groups is 2. The van der Waals surface area contributed by atoms with Gasteiger partial charge in [-0.2, -0.15) is 11.8 Å². The molecular weight excluding hydrogens is 574 g/mol. The van der Waals surface area contributed by atoms with Crippen LogP contribution in [0.3, 0.4) is 0 Å². The smallest absolute Gasteiger partial charge is 0.167 e. The molecule has 43 heavy (non-hydrogen) atoms. The zero-order valence-electron chi connectivity index (χ0n) is 23.4. The minimum Gasteiger partial charge on any atom is -0.493 e. The highest BCUT2D eigenvalue weighted by Gasteiger charge is 2.44. The van der Waals surface area contributed by atoms with E-state index in [1.165, 1.54) is 12.7 Å². The van der Waals surface area contributed by atoms with Gasteiger partial charge in [0.05, 0.1) is 32.2 Å². The number of nitrogens with one attached hydrogen (secondary N) is 1. The van der Waals surface area contributed by atoms with Crippen molar-refractivity contribution < 1.29 is 24.4 Å². The summed E-state index contributed by atoms with van der Waals surface area (Å²) in [5.74, 6) is 3.65. The number of hydrogen-bond donors (Lipinski definition) is 5. The average Bonchev–Trinajstić information content (AvgIpc) is 3.57. The van der Waals surface area contributed by atoms with E-state index in [9.17, 15) is 10.2 Å². The van der Waals surface area contributed by atoms with Crippen LogP contribution in [0.1, 0.15) is 6.23 Å². The van der Waals surface area contributed by atoms with Crippen molar-refractivity contribution in [2.24, 2.45) is 0 Å². The molecule has 0 spiro atoms. The van der Waals surface area contributed by atoms with Gasteiger partial charge in [-0.15, -0.1) is 0 Å². The van der Waals surface area contributed by atoms with Crippen LogP contribution in [0.5, 0.6) is 11.5 Å². The van der Waals surface area contributed by atoms with E-state index in [1.807, 2.05) is 24.3 Å². The first kappa shape index (κ1) is 28.7. The number of hydrogen-bond acceptors (Lipinski definition) is 14. The fourth-order valence-corrected chi connectivity index (χ4v) is 5.87. The highest BCUT2D eigenvalue weighted by Crippen LogP contribution is 2.36. The summed E-state index contributed by atoms with van der Waals surface area (Å²) in [5, 5.41) is 25.6. The van der Waals surface area contributed by atoms with E-state index >= 15 is 0 Å². The van der Waals surface area contributed by atoms with Crippen LogP contribution in [-0.4, -0.2) is 90.3 Å². The van der Waals surface area contributed by atoms with Crippen LogP contribution >= 0.6 is 11.8 Å². The Morgan fingerprint density at radius 2 is 1.77 bits per heavy atom. The Balaban J connectivity index is 1.14. The normalized spacial score (nSPS) is 20.1. The van der Waals surface area contributed by atoms with E-state index in [-0.39, 0.29) is 5.82 Å². The van der Waals surface area contributed by atoms with E-state index in [0.717, 1.165) is 10.9 Å². The van der Waals surface area contributed by atoms with Gasteiger partial charge in [-0.3, -0.25) is 4.57 Å². The lowest BCUT2D eigenvalue weighted by atomic mass is 10.1. The number of anilines is 3. The van der Waals surface area contributed by atoms with Crippen LogP contribution in [0.25, 0.3) is 33.5 Å². The molecule has 6 rings (SSSR count). The minimum absolute atomic E-state index is 0.228. The second kappa shape index (κ2) is 12.0. The van der Waals surface area contributed by atoms with Gasteiger partial charge in [0.15, 0.2) is 35.0 Å². The summed E-state index contributed by atoms with van der Waals surface area (Å²) in [6.45, 7) is 0.559. The molecule has 224 valence electrons. The predicted octanol–water partition coefficient (Wildman–Crippen LogP) is 2.08. The summed E-state index contributed by atoms with van der Waals surface area (Å²) in [5.41, 5.74) is 14.7. The van der Waals surface area contributed by atoms with E-state index < -0.39 is 24.5 Å². The molecule has 1 saturated heterocycles. The van der Waals surface area contributed by atoms with Crippen molar-refractivity contribution in [3.05, 3.63) is 49.1 Å². The lowest BCUT2D eigenvalue weighted by Gasteiger charge is -2.16. The number of imidazole rings is 1. The van der Waals surface area contributed by atoms with Gasteiger partial charge in [-0.05, 0) is 30.3 Å². The lowest BCUT2D eigenvalue weighted by Crippen LogP contribution is -2.32. The number of fused-ring (bicyclic) bond motifs is 2. The number of aromatic nitrogens is 6. The molecule has 15 heteroatoms. The topological polar surface area (TPSA) is 202 Å². The maximum Gasteiger partial charge on any atom is 0.167 e. The molecule has 1 aliphatic heterocycles. The minimum atomic E-state index is -1.16.